The van der Waals surface area contributed by atoms with Crippen LogP contribution in [0, 0.1) is 6.92 Å². The summed E-state index contributed by atoms with van der Waals surface area (Å²) in [5.41, 5.74) is 2.44. The fourth-order valence-electron chi connectivity index (χ4n) is 3.99. The average molecular weight is 544 g/mol. The molecule has 0 saturated heterocycles. The summed E-state index contributed by atoms with van der Waals surface area (Å²) >= 11 is 0. The van der Waals surface area contributed by atoms with E-state index in [4.69, 9.17) is 9.47 Å². The van der Waals surface area contributed by atoms with Crippen molar-refractivity contribution in [2.75, 3.05) is 13.2 Å². The molecule has 0 aliphatic carbocycles. The average Bonchev–Trinajstić information content (AvgIpc) is 2.99. The summed E-state index contributed by atoms with van der Waals surface area (Å²) in [5, 5.41) is 0. The van der Waals surface area contributed by atoms with Crippen LogP contribution in [0.15, 0.2) is 12.1 Å². The van der Waals surface area contributed by atoms with Crippen LogP contribution in [0.2, 0.25) is 0 Å². The maximum Gasteiger partial charge on any atom is 0.339 e. The highest BCUT2D eigenvalue weighted by atomic mass is 127. The van der Waals surface area contributed by atoms with E-state index in [0.717, 1.165) is 36.4 Å². The largest absolute Gasteiger partial charge is 1.00 e. The predicted octanol–water partition coefficient (Wildman–Crippen LogP) is 1.98. The zero-order valence-corrected chi connectivity index (χ0v) is 21.8. The van der Waals surface area contributed by atoms with E-state index in [1.165, 1.54) is 32.1 Å². The minimum absolute atomic E-state index is 0. The minimum atomic E-state index is -0.494. The number of ether oxygens (including phenoxy) is 2. The lowest BCUT2D eigenvalue weighted by Crippen LogP contribution is -3.00. The number of hydrogen-bond donors (Lipinski definition) is 0. The Labute approximate surface area is 203 Å². The number of unbranched alkanes of at least 4 members (excludes halogenated alkanes) is 5. The van der Waals surface area contributed by atoms with Gasteiger partial charge in [-0.25, -0.2) is 18.7 Å². The number of rotatable bonds is 12. The number of esters is 2. The first-order valence-electron chi connectivity index (χ1n) is 11.4. The SMILES string of the molecule is CCCCCCCC[n+]1c(C)n(CC)c2cc(C(=O)OCC)c(C(=O)OCC)cc21.[I-]. The fraction of sp³-hybridized carbons (Fsp3) is 0.625. The zero-order chi connectivity index (χ0) is 22.1. The van der Waals surface area contributed by atoms with Crippen LogP contribution < -0.4 is 28.5 Å². The molecule has 0 unspecified atom stereocenters. The van der Waals surface area contributed by atoms with Crippen molar-refractivity contribution in [3.05, 3.63) is 29.1 Å². The lowest BCUT2D eigenvalue weighted by molar-refractivity contribution is -0.678. The van der Waals surface area contributed by atoms with Crippen LogP contribution in [0.3, 0.4) is 0 Å². The van der Waals surface area contributed by atoms with Crippen LogP contribution in [0.4, 0.5) is 0 Å². The van der Waals surface area contributed by atoms with Gasteiger partial charge in [-0.05, 0) is 33.6 Å². The van der Waals surface area contributed by atoms with Crippen molar-refractivity contribution in [3.8, 4) is 0 Å². The summed E-state index contributed by atoms with van der Waals surface area (Å²) in [5.74, 6) is 0.138. The molecule has 2 rings (SSSR count). The molecule has 31 heavy (non-hydrogen) atoms. The minimum Gasteiger partial charge on any atom is -1.00 e. The first kappa shape index (κ1) is 27.4. The van der Waals surface area contributed by atoms with Gasteiger partial charge in [0.15, 0.2) is 11.0 Å². The van der Waals surface area contributed by atoms with Crippen molar-refractivity contribution in [2.24, 2.45) is 0 Å². The molecular weight excluding hydrogens is 507 g/mol. The highest BCUT2D eigenvalue weighted by Gasteiger charge is 2.28. The number of carbonyl (C=O) groups excluding carboxylic acids is 2. The molecule has 0 amide bonds. The molecule has 1 aromatic heterocycles. The Bertz CT molecular complexity index is 876. The van der Waals surface area contributed by atoms with Gasteiger partial charge in [0.1, 0.15) is 0 Å². The number of halogens is 1. The van der Waals surface area contributed by atoms with E-state index in [-0.39, 0.29) is 48.3 Å². The second-order valence-corrected chi connectivity index (χ2v) is 7.54. The van der Waals surface area contributed by atoms with Crippen molar-refractivity contribution in [1.82, 2.24) is 4.57 Å². The molecule has 1 aromatic carbocycles. The molecular formula is C24H37IN2O4. The molecule has 7 heteroatoms. The molecule has 0 fully saturated rings. The Hall–Kier alpha value is -1.64. The number of aromatic nitrogens is 2. The number of benzene rings is 1. The third kappa shape index (κ3) is 6.67. The summed E-state index contributed by atoms with van der Waals surface area (Å²) in [6.07, 6.45) is 7.36. The van der Waals surface area contributed by atoms with E-state index in [1.807, 2.05) is 0 Å². The van der Waals surface area contributed by atoms with Gasteiger partial charge in [-0.2, -0.15) is 0 Å². The van der Waals surface area contributed by atoms with Crippen molar-refractivity contribution >= 4 is 23.0 Å². The lowest BCUT2D eigenvalue weighted by Gasteiger charge is -2.08. The molecule has 0 aliphatic rings. The molecule has 174 valence electrons. The Morgan fingerprint density at radius 1 is 0.871 bits per heavy atom. The van der Waals surface area contributed by atoms with Crippen molar-refractivity contribution in [1.29, 1.82) is 0 Å². The molecule has 2 aromatic rings. The van der Waals surface area contributed by atoms with Gasteiger partial charge in [0.2, 0.25) is 0 Å². The van der Waals surface area contributed by atoms with Crippen molar-refractivity contribution in [2.45, 2.75) is 86.2 Å². The quantitative estimate of drug-likeness (QED) is 0.178. The first-order chi connectivity index (χ1) is 14.5. The molecule has 0 aliphatic heterocycles. The second-order valence-electron chi connectivity index (χ2n) is 7.54. The molecule has 6 nitrogen and oxygen atoms in total. The summed E-state index contributed by atoms with van der Waals surface area (Å²) in [4.78, 5) is 25.2. The van der Waals surface area contributed by atoms with Gasteiger partial charge in [0.25, 0.3) is 5.82 Å². The maximum absolute atomic E-state index is 12.6. The molecule has 0 saturated carbocycles. The maximum atomic E-state index is 12.6. The van der Waals surface area contributed by atoms with Gasteiger partial charge in [0, 0.05) is 19.1 Å². The number of fused-ring (bicyclic) bond motifs is 1. The van der Waals surface area contributed by atoms with Gasteiger partial charge >= 0.3 is 11.9 Å². The number of imidazole rings is 1. The highest BCUT2D eigenvalue weighted by molar-refractivity contribution is 6.06. The van der Waals surface area contributed by atoms with Gasteiger partial charge < -0.3 is 33.5 Å². The molecule has 0 spiro atoms. The monoisotopic (exact) mass is 544 g/mol. The Balaban J connectivity index is 0.00000480. The molecule has 0 radical (unpaired) electrons. The molecule has 0 atom stereocenters. The third-order valence-corrected chi connectivity index (χ3v) is 5.52. The third-order valence-electron chi connectivity index (χ3n) is 5.52. The van der Waals surface area contributed by atoms with Gasteiger partial charge in [-0.1, -0.05) is 32.6 Å². The van der Waals surface area contributed by atoms with Crippen LogP contribution in [0.1, 0.15) is 92.8 Å². The number of carbonyl (C=O) groups is 2. The zero-order valence-electron chi connectivity index (χ0n) is 19.6. The Morgan fingerprint density at radius 2 is 1.42 bits per heavy atom. The van der Waals surface area contributed by atoms with E-state index in [0.29, 0.717) is 0 Å². The lowest BCUT2D eigenvalue weighted by atomic mass is 10.1. The van der Waals surface area contributed by atoms with Crippen LogP contribution >= 0.6 is 0 Å². The van der Waals surface area contributed by atoms with E-state index < -0.39 is 11.9 Å². The summed E-state index contributed by atoms with van der Waals surface area (Å²) < 4.78 is 14.9. The van der Waals surface area contributed by atoms with Crippen LogP contribution in [-0.4, -0.2) is 29.7 Å². The smallest absolute Gasteiger partial charge is 0.339 e. The summed E-state index contributed by atoms with van der Waals surface area (Å²) in [6, 6.07) is 3.59. The second kappa shape index (κ2) is 13.7. The highest BCUT2D eigenvalue weighted by Crippen LogP contribution is 2.23. The van der Waals surface area contributed by atoms with Gasteiger partial charge in [-0.3, -0.25) is 0 Å². The normalized spacial score (nSPS) is 10.7. The summed E-state index contributed by atoms with van der Waals surface area (Å²) in [6.45, 7) is 12.1. The van der Waals surface area contributed by atoms with Gasteiger partial charge in [-0.15, -0.1) is 0 Å². The van der Waals surface area contributed by atoms with Crippen molar-refractivity contribution < 1.29 is 47.6 Å². The fourth-order valence-corrected chi connectivity index (χ4v) is 3.99. The topological polar surface area (TPSA) is 61.4 Å². The summed E-state index contributed by atoms with van der Waals surface area (Å²) in [7, 11) is 0. The standard InChI is InChI=1S/C24H37N2O4.HI/c1-6-10-11-12-13-14-15-26-18(5)25(7-2)21-16-19(23(27)29-8-3)20(17-22(21)26)24(28)30-9-4;/h16-17H,6-15H2,1-5H3;1H/q+1;/p-1. The van der Waals surface area contributed by atoms with E-state index in [1.54, 1.807) is 26.0 Å². The predicted molar refractivity (Wildman–Crippen MR) is 118 cm³/mol. The Kier molecular flexibility index (Phi) is 12.1. The molecule has 0 bridgehead atoms. The number of nitrogens with zero attached hydrogens (tertiary/aromatic N) is 2. The van der Waals surface area contributed by atoms with Crippen molar-refractivity contribution in [3.63, 3.8) is 0 Å². The van der Waals surface area contributed by atoms with E-state index >= 15 is 0 Å². The molecule has 1 heterocycles. The first-order valence-corrected chi connectivity index (χ1v) is 11.4. The number of hydrogen-bond acceptors (Lipinski definition) is 4. The van der Waals surface area contributed by atoms with E-state index in [2.05, 4.69) is 29.9 Å². The van der Waals surface area contributed by atoms with Crippen LogP contribution in [-0.2, 0) is 22.6 Å². The van der Waals surface area contributed by atoms with Crippen LogP contribution in [0.5, 0.6) is 0 Å². The van der Waals surface area contributed by atoms with E-state index in [9.17, 15) is 9.59 Å². The van der Waals surface area contributed by atoms with Crippen LogP contribution in [0.25, 0.3) is 11.0 Å². The molecule has 0 N–H and O–H groups in total. The number of aryl methyl sites for hydroxylation is 2. The van der Waals surface area contributed by atoms with Gasteiger partial charge in [0.05, 0.1) is 37.4 Å². The Morgan fingerprint density at radius 3 is 1.97 bits per heavy atom.